The lowest BCUT2D eigenvalue weighted by Gasteiger charge is -2.20. The first kappa shape index (κ1) is 15.3. The summed E-state index contributed by atoms with van der Waals surface area (Å²) in [5.74, 6) is 0.689. The highest BCUT2D eigenvalue weighted by atomic mass is 35.5. The van der Waals surface area contributed by atoms with Gasteiger partial charge in [0.2, 0.25) is 5.88 Å². The monoisotopic (exact) mass is 321 g/mol. The Labute approximate surface area is 134 Å². The van der Waals surface area contributed by atoms with Gasteiger partial charge in [-0.15, -0.1) is 0 Å². The summed E-state index contributed by atoms with van der Waals surface area (Å²) in [7, 11) is 0. The Morgan fingerprint density at radius 3 is 2.82 bits per heavy atom. The number of halogens is 2. The second-order valence-electron chi connectivity index (χ2n) is 5.57. The molecule has 3 rings (SSSR count). The van der Waals surface area contributed by atoms with Crippen LogP contribution >= 0.6 is 11.6 Å². The van der Waals surface area contributed by atoms with Crippen molar-refractivity contribution in [2.45, 2.75) is 25.4 Å². The van der Waals surface area contributed by atoms with Crippen molar-refractivity contribution >= 4 is 11.6 Å². The van der Waals surface area contributed by atoms with Crippen LogP contribution in [0.25, 0.3) is 0 Å². The zero-order valence-corrected chi connectivity index (χ0v) is 13.0. The summed E-state index contributed by atoms with van der Waals surface area (Å²) in [6, 6.07) is 10.4. The third-order valence-electron chi connectivity index (χ3n) is 3.99. The summed E-state index contributed by atoms with van der Waals surface area (Å²) in [6.45, 7) is 2.44. The molecule has 1 aromatic carbocycles. The van der Waals surface area contributed by atoms with E-state index in [1.807, 2.05) is 18.2 Å². The predicted octanol–water partition coefficient (Wildman–Crippen LogP) is 2.89. The van der Waals surface area contributed by atoms with Gasteiger partial charge in [-0.1, -0.05) is 23.7 Å². The molecule has 0 amide bonds. The Morgan fingerprint density at radius 2 is 2.05 bits per heavy atom. The molecule has 1 aliphatic rings. The summed E-state index contributed by atoms with van der Waals surface area (Å²) >= 11 is 5.75. The number of nitrogens with two attached hydrogens (primary N) is 1. The van der Waals surface area contributed by atoms with Crippen molar-refractivity contribution in [2.75, 3.05) is 13.1 Å². The van der Waals surface area contributed by atoms with E-state index in [0.717, 1.165) is 31.6 Å². The number of ether oxygens (including phenoxy) is 1. The molecule has 0 spiro atoms. The summed E-state index contributed by atoms with van der Waals surface area (Å²) in [5, 5.41) is 2.72. The van der Waals surface area contributed by atoms with Crippen LogP contribution in [0.2, 0.25) is 5.02 Å². The minimum Gasteiger partial charge on any atom is -0.473 e. The normalized spacial score (nSPS) is 15.7. The van der Waals surface area contributed by atoms with Crippen molar-refractivity contribution in [3.8, 4) is 5.88 Å². The van der Waals surface area contributed by atoms with Gasteiger partial charge in [-0.05, 0) is 18.2 Å². The van der Waals surface area contributed by atoms with Crippen molar-refractivity contribution in [3.63, 3.8) is 0 Å². The van der Waals surface area contributed by atoms with E-state index in [9.17, 15) is 4.39 Å². The Morgan fingerprint density at radius 1 is 1.23 bits per heavy atom. The van der Waals surface area contributed by atoms with Gasteiger partial charge in [0.05, 0.1) is 13.1 Å². The van der Waals surface area contributed by atoms with E-state index in [1.54, 1.807) is 12.1 Å². The quantitative estimate of drug-likeness (QED) is 0.940. The van der Waals surface area contributed by atoms with Crippen molar-refractivity contribution in [3.05, 3.63) is 58.5 Å². The fraction of sp³-hybridized carbons (Fsp3) is 0.353. The SMILES string of the molecule is Fc1cc(Cl)ccc1COc1cccc(C2CC[NH2+]CC2)n1. The van der Waals surface area contributed by atoms with Gasteiger partial charge in [0.25, 0.3) is 0 Å². The van der Waals surface area contributed by atoms with Crippen LogP contribution in [-0.4, -0.2) is 18.1 Å². The van der Waals surface area contributed by atoms with Crippen LogP contribution in [0.4, 0.5) is 4.39 Å². The lowest BCUT2D eigenvalue weighted by Crippen LogP contribution is -2.86. The maximum absolute atomic E-state index is 13.7. The van der Waals surface area contributed by atoms with Crippen LogP contribution in [0.3, 0.4) is 0 Å². The zero-order chi connectivity index (χ0) is 15.4. The first-order chi connectivity index (χ1) is 10.7. The third kappa shape index (κ3) is 3.76. The lowest BCUT2D eigenvalue weighted by atomic mass is 9.94. The highest BCUT2D eigenvalue weighted by Gasteiger charge is 2.19. The number of rotatable bonds is 4. The molecule has 116 valence electrons. The van der Waals surface area contributed by atoms with Gasteiger partial charge in [-0.25, -0.2) is 9.37 Å². The maximum atomic E-state index is 13.7. The van der Waals surface area contributed by atoms with E-state index in [2.05, 4.69) is 10.3 Å². The fourth-order valence-corrected chi connectivity index (χ4v) is 2.91. The molecule has 1 saturated heterocycles. The predicted molar refractivity (Wildman–Crippen MR) is 83.6 cm³/mol. The van der Waals surface area contributed by atoms with Crippen LogP contribution in [-0.2, 0) is 6.61 Å². The van der Waals surface area contributed by atoms with E-state index in [1.165, 1.54) is 6.07 Å². The Hall–Kier alpha value is -1.65. The largest absolute Gasteiger partial charge is 0.473 e. The van der Waals surface area contributed by atoms with Crippen molar-refractivity contribution in [1.29, 1.82) is 0 Å². The molecular formula is C17H19ClFN2O+. The molecule has 22 heavy (non-hydrogen) atoms. The van der Waals surface area contributed by atoms with Gasteiger partial charge in [-0.3, -0.25) is 0 Å². The molecule has 1 aromatic heterocycles. The molecule has 3 nitrogen and oxygen atoms in total. The number of benzene rings is 1. The number of piperidine rings is 1. The maximum Gasteiger partial charge on any atom is 0.213 e. The highest BCUT2D eigenvalue weighted by Crippen LogP contribution is 2.24. The molecule has 2 N–H and O–H groups in total. The molecule has 2 heterocycles. The first-order valence-electron chi connectivity index (χ1n) is 7.58. The first-order valence-corrected chi connectivity index (χ1v) is 7.95. The second kappa shape index (κ2) is 7.07. The van der Waals surface area contributed by atoms with E-state index in [4.69, 9.17) is 16.3 Å². The molecule has 1 fully saturated rings. The van der Waals surface area contributed by atoms with E-state index >= 15 is 0 Å². The minimum absolute atomic E-state index is 0.151. The van der Waals surface area contributed by atoms with Crippen LogP contribution < -0.4 is 10.1 Å². The number of nitrogens with zero attached hydrogens (tertiary/aromatic N) is 1. The molecule has 0 bridgehead atoms. The number of hydrogen-bond donors (Lipinski definition) is 1. The summed E-state index contributed by atoms with van der Waals surface area (Å²) in [6.07, 6.45) is 2.28. The number of hydrogen-bond acceptors (Lipinski definition) is 2. The third-order valence-corrected chi connectivity index (χ3v) is 4.23. The Kier molecular flexibility index (Phi) is 4.90. The second-order valence-corrected chi connectivity index (χ2v) is 6.00. The van der Waals surface area contributed by atoms with Gasteiger partial charge < -0.3 is 10.1 Å². The van der Waals surface area contributed by atoms with Crippen LogP contribution in [0.5, 0.6) is 5.88 Å². The van der Waals surface area contributed by atoms with Gasteiger partial charge >= 0.3 is 0 Å². The molecule has 0 aliphatic carbocycles. The molecule has 0 atom stereocenters. The van der Waals surface area contributed by atoms with E-state index < -0.39 is 0 Å². The minimum atomic E-state index is -0.355. The molecular weight excluding hydrogens is 303 g/mol. The highest BCUT2D eigenvalue weighted by molar-refractivity contribution is 6.30. The Bertz CT molecular complexity index is 644. The number of pyridine rings is 1. The summed E-state index contributed by atoms with van der Waals surface area (Å²) < 4.78 is 19.4. The van der Waals surface area contributed by atoms with Gasteiger partial charge in [0.15, 0.2) is 0 Å². The summed E-state index contributed by atoms with van der Waals surface area (Å²) in [4.78, 5) is 4.57. The van der Waals surface area contributed by atoms with Crippen LogP contribution in [0.1, 0.15) is 30.0 Å². The molecule has 0 unspecified atom stereocenters. The average molecular weight is 322 g/mol. The van der Waals surface area contributed by atoms with Gasteiger partial charge in [-0.2, -0.15) is 0 Å². The molecule has 5 heteroatoms. The van der Waals surface area contributed by atoms with Crippen molar-refractivity contribution in [1.82, 2.24) is 4.98 Å². The van der Waals surface area contributed by atoms with Gasteiger partial charge in [0.1, 0.15) is 12.4 Å². The molecule has 0 radical (unpaired) electrons. The van der Waals surface area contributed by atoms with Gasteiger partial charge in [0, 0.05) is 41.1 Å². The van der Waals surface area contributed by atoms with E-state index in [-0.39, 0.29) is 12.4 Å². The standard InChI is InChI=1S/C17H18ClFN2O/c18-14-5-4-13(15(19)10-14)11-22-17-3-1-2-16(21-17)12-6-8-20-9-7-12/h1-5,10,12,20H,6-9,11H2/p+1. The smallest absolute Gasteiger partial charge is 0.213 e. The number of quaternary nitrogens is 1. The zero-order valence-electron chi connectivity index (χ0n) is 12.3. The lowest BCUT2D eigenvalue weighted by molar-refractivity contribution is -0.663. The Balaban J connectivity index is 1.67. The molecule has 1 aliphatic heterocycles. The van der Waals surface area contributed by atoms with Crippen molar-refractivity contribution < 1.29 is 14.4 Å². The average Bonchev–Trinajstić information content (AvgIpc) is 2.55. The van der Waals surface area contributed by atoms with Crippen LogP contribution in [0.15, 0.2) is 36.4 Å². The summed E-state index contributed by atoms with van der Waals surface area (Å²) in [5.41, 5.74) is 1.55. The molecule has 0 saturated carbocycles. The van der Waals surface area contributed by atoms with E-state index in [0.29, 0.717) is 22.4 Å². The van der Waals surface area contributed by atoms with Crippen LogP contribution in [0, 0.1) is 5.82 Å². The fourth-order valence-electron chi connectivity index (χ4n) is 2.75. The number of aromatic nitrogens is 1. The topological polar surface area (TPSA) is 38.7 Å². The molecule has 2 aromatic rings. The van der Waals surface area contributed by atoms with Crippen molar-refractivity contribution in [2.24, 2.45) is 0 Å².